The number of ether oxygens (including phenoxy) is 2. The summed E-state index contributed by atoms with van der Waals surface area (Å²) in [6.07, 6.45) is 0. The SMILES string of the molecule is COc1cc(NC(=O)c2cc(Cl)nc(Cl)c2)c(OC)cc1Cl. The average Bonchev–Trinajstić information content (AvgIpc) is 2.47. The Morgan fingerprint density at radius 2 is 1.59 bits per heavy atom. The smallest absolute Gasteiger partial charge is 0.255 e. The number of nitrogens with zero attached hydrogens (tertiary/aromatic N) is 1. The summed E-state index contributed by atoms with van der Waals surface area (Å²) in [7, 11) is 2.94. The zero-order chi connectivity index (χ0) is 16.3. The fourth-order valence-electron chi connectivity index (χ4n) is 1.75. The number of nitrogens with one attached hydrogen (secondary N) is 1. The Balaban J connectivity index is 2.35. The van der Waals surface area contributed by atoms with Crippen LogP contribution < -0.4 is 14.8 Å². The maximum absolute atomic E-state index is 12.3. The summed E-state index contributed by atoms with van der Waals surface area (Å²) in [6.45, 7) is 0. The van der Waals surface area contributed by atoms with Crippen LogP contribution >= 0.6 is 34.8 Å². The molecule has 1 heterocycles. The predicted molar refractivity (Wildman–Crippen MR) is 86.8 cm³/mol. The highest BCUT2D eigenvalue weighted by molar-refractivity contribution is 6.33. The van der Waals surface area contributed by atoms with Gasteiger partial charge in [-0.3, -0.25) is 4.79 Å². The summed E-state index contributed by atoms with van der Waals surface area (Å²) in [5.41, 5.74) is 0.666. The highest BCUT2D eigenvalue weighted by Gasteiger charge is 2.15. The van der Waals surface area contributed by atoms with Crippen LogP contribution in [0.5, 0.6) is 11.5 Å². The lowest BCUT2D eigenvalue weighted by atomic mass is 10.2. The summed E-state index contributed by atoms with van der Waals surface area (Å²) in [6, 6.07) is 5.91. The third-order valence-electron chi connectivity index (χ3n) is 2.75. The zero-order valence-electron chi connectivity index (χ0n) is 11.6. The molecule has 0 atom stereocenters. The van der Waals surface area contributed by atoms with Gasteiger partial charge >= 0.3 is 0 Å². The topological polar surface area (TPSA) is 60.5 Å². The molecule has 1 aromatic carbocycles. The molecule has 5 nitrogen and oxygen atoms in total. The van der Waals surface area contributed by atoms with E-state index in [2.05, 4.69) is 10.3 Å². The van der Waals surface area contributed by atoms with Crippen LogP contribution in [0.3, 0.4) is 0 Å². The van der Waals surface area contributed by atoms with Gasteiger partial charge in [0.05, 0.1) is 24.9 Å². The molecule has 0 bridgehead atoms. The van der Waals surface area contributed by atoms with E-state index in [0.717, 1.165) is 0 Å². The van der Waals surface area contributed by atoms with Crippen LogP contribution in [0.1, 0.15) is 10.4 Å². The van der Waals surface area contributed by atoms with Crippen LogP contribution in [0, 0.1) is 0 Å². The van der Waals surface area contributed by atoms with E-state index in [1.807, 2.05) is 0 Å². The summed E-state index contributed by atoms with van der Waals surface area (Å²) in [5.74, 6) is 0.378. The van der Waals surface area contributed by atoms with Gasteiger partial charge < -0.3 is 14.8 Å². The second kappa shape index (κ2) is 7.05. The third-order valence-corrected chi connectivity index (χ3v) is 3.43. The molecule has 0 radical (unpaired) electrons. The molecule has 116 valence electrons. The van der Waals surface area contributed by atoms with Crippen LogP contribution in [0.15, 0.2) is 24.3 Å². The minimum atomic E-state index is -0.422. The number of anilines is 1. The fourth-order valence-corrected chi connectivity index (χ4v) is 2.44. The molecule has 1 N–H and O–H groups in total. The number of methoxy groups -OCH3 is 2. The molecule has 0 aliphatic rings. The Bertz CT molecular complexity index is 702. The molecule has 0 saturated heterocycles. The van der Waals surface area contributed by atoms with Crippen LogP contribution in [-0.2, 0) is 0 Å². The highest BCUT2D eigenvalue weighted by Crippen LogP contribution is 2.36. The van der Waals surface area contributed by atoms with Gasteiger partial charge in [-0.15, -0.1) is 0 Å². The predicted octanol–water partition coefficient (Wildman–Crippen LogP) is 4.31. The second-order valence-corrected chi connectivity index (χ2v) is 5.32. The van der Waals surface area contributed by atoms with Crippen LogP contribution in [0.4, 0.5) is 5.69 Å². The lowest BCUT2D eigenvalue weighted by Crippen LogP contribution is -2.13. The van der Waals surface area contributed by atoms with Crippen LogP contribution in [-0.4, -0.2) is 25.1 Å². The van der Waals surface area contributed by atoms with Crippen LogP contribution in [0.25, 0.3) is 0 Å². The molecule has 0 saturated carbocycles. The van der Waals surface area contributed by atoms with Crippen molar-refractivity contribution in [1.82, 2.24) is 4.98 Å². The molecule has 8 heteroatoms. The van der Waals surface area contributed by atoms with E-state index in [4.69, 9.17) is 44.3 Å². The van der Waals surface area contributed by atoms with Crippen molar-refractivity contribution in [3.63, 3.8) is 0 Å². The standard InChI is InChI=1S/C14H11Cl3N2O3/c1-21-10-6-9(11(22-2)5-8(10)15)18-14(20)7-3-12(16)19-13(17)4-7/h3-6H,1-2H3,(H,18,20). The number of aromatic nitrogens is 1. The molecular weight excluding hydrogens is 351 g/mol. The van der Waals surface area contributed by atoms with E-state index in [-0.39, 0.29) is 15.9 Å². The Hall–Kier alpha value is -1.69. The zero-order valence-corrected chi connectivity index (χ0v) is 13.9. The van der Waals surface area contributed by atoms with E-state index < -0.39 is 5.91 Å². The lowest BCUT2D eigenvalue weighted by molar-refractivity contribution is 0.102. The Morgan fingerprint density at radius 3 is 2.14 bits per heavy atom. The van der Waals surface area contributed by atoms with E-state index in [1.54, 1.807) is 12.1 Å². The molecule has 22 heavy (non-hydrogen) atoms. The second-order valence-electron chi connectivity index (χ2n) is 4.14. The van der Waals surface area contributed by atoms with E-state index >= 15 is 0 Å². The van der Waals surface area contributed by atoms with E-state index in [1.165, 1.54) is 26.4 Å². The number of hydrogen-bond donors (Lipinski definition) is 1. The molecule has 0 aliphatic heterocycles. The molecule has 0 spiro atoms. The molecule has 2 rings (SSSR count). The van der Waals surface area contributed by atoms with Crippen molar-refractivity contribution in [1.29, 1.82) is 0 Å². The van der Waals surface area contributed by atoms with Crippen molar-refractivity contribution in [3.8, 4) is 11.5 Å². The summed E-state index contributed by atoms with van der Waals surface area (Å²) < 4.78 is 10.3. The largest absolute Gasteiger partial charge is 0.495 e. The summed E-state index contributed by atoms with van der Waals surface area (Å²) in [4.78, 5) is 16.1. The van der Waals surface area contributed by atoms with Crippen molar-refractivity contribution in [2.24, 2.45) is 0 Å². The van der Waals surface area contributed by atoms with Gasteiger partial charge in [-0.1, -0.05) is 34.8 Å². The maximum Gasteiger partial charge on any atom is 0.255 e. The van der Waals surface area contributed by atoms with Gasteiger partial charge in [0.1, 0.15) is 21.8 Å². The number of pyridine rings is 1. The first-order chi connectivity index (χ1) is 10.4. The first-order valence-corrected chi connectivity index (χ1v) is 7.14. The van der Waals surface area contributed by atoms with Crippen molar-refractivity contribution in [2.75, 3.05) is 19.5 Å². The van der Waals surface area contributed by atoms with Gasteiger partial charge in [-0.25, -0.2) is 4.98 Å². The van der Waals surface area contributed by atoms with Crippen molar-refractivity contribution in [3.05, 3.63) is 45.2 Å². The first kappa shape index (κ1) is 16.7. The number of hydrogen-bond acceptors (Lipinski definition) is 4. The Morgan fingerprint density at radius 1 is 1.00 bits per heavy atom. The summed E-state index contributed by atoms with van der Waals surface area (Å²) >= 11 is 17.6. The van der Waals surface area contributed by atoms with E-state index in [0.29, 0.717) is 22.2 Å². The van der Waals surface area contributed by atoms with Gasteiger partial charge in [-0.2, -0.15) is 0 Å². The van der Waals surface area contributed by atoms with Gasteiger partial charge in [0.15, 0.2) is 0 Å². The number of benzene rings is 1. The van der Waals surface area contributed by atoms with Gasteiger partial charge in [0.2, 0.25) is 0 Å². The van der Waals surface area contributed by atoms with Gasteiger partial charge in [0, 0.05) is 17.7 Å². The number of carbonyl (C=O) groups is 1. The van der Waals surface area contributed by atoms with Crippen molar-refractivity contribution < 1.29 is 14.3 Å². The Labute approximate surface area is 142 Å². The van der Waals surface area contributed by atoms with Crippen molar-refractivity contribution in [2.45, 2.75) is 0 Å². The number of carbonyl (C=O) groups excluding carboxylic acids is 1. The monoisotopic (exact) mass is 360 g/mol. The normalized spacial score (nSPS) is 10.2. The summed E-state index contributed by atoms with van der Waals surface area (Å²) in [5, 5.41) is 3.30. The van der Waals surface area contributed by atoms with E-state index in [9.17, 15) is 4.79 Å². The highest BCUT2D eigenvalue weighted by atomic mass is 35.5. The maximum atomic E-state index is 12.3. The van der Waals surface area contributed by atoms with Crippen LogP contribution in [0.2, 0.25) is 15.3 Å². The lowest BCUT2D eigenvalue weighted by Gasteiger charge is -2.13. The molecule has 2 aromatic rings. The molecule has 1 aromatic heterocycles. The quantitative estimate of drug-likeness (QED) is 0.824. The van der Waals surface area contributed by atoms with Gasteiger partial charge in [0.25, 0.3) is 5.91 Å². The minimum absolute atomic E-state index is 0.123. The average molecular weight is 362 g/mol. The van der Waals surface area contributed by atoms with Gasteiger partial charge in [-0.05, 0) is 12.1 Å². The number of amides is 1. The molecule has 0 unspecified atom stereocenters. The number of rotatable bonds is 4. The number of halogens is 3. The molecule has 0 fully saturated rings. The molecule has 0 aliphatic carbocycles. The molecular formula is C14H11Cl3N2O3. The Kier molecular flexibility index (Phi) is 5.34. The first-order valence-electron chi connectivity index (χ1n) is 6.00. The third kappa shape index (κ3) is 3.74. The van der Waals surface area contributed by atoms with Crippen molar-refractivity contribution >= 4 is 46.4 Å². The fraction of sp³-hybridized carbons (Fsp3) is 0.143. The minimum Gasteiger partial charge on any atom is -0.495 e. The molecule has 1 amide bonds.